The Hall–Kier alpha value is -0.850. The molecular formula is C6H3Cl2N3. The quantitative estimate of drug-likeness (QED) is 0.499. The Balaban J connectivity index is 3.12. The van der Waals surface area contributed by atoms with Crippen LogP contribution >= 0.6 is 23.2 Å². The molecule has 0 N–H and O–H groups in total. The summed E-state index contributed by atoms with van der Waals surface area (Å²) in [4.78, 5) is 10.5. The van der Waals surface area contributed by atoms with E-state index in [4.69, 9.17) is 29.8 Å². The van der Waals surface area contributed by atoms with Crippen LogP contribution in [0.25, 0.3) is 4.85 Å². The smallest absolute Gasteiger partial charge is 0.245 e. The third-order valence-corrected chi connectivity index (χ3v) is 1.73. The molecule has 0 amide bonds. The van der Waals surface area contributed by atoms with Gasteiger partial charge in [-0.05, 0) is 0 Å². The third kappa shape index (κ3) is 1.79. The first kappa shape index (κ1) is 8.25. The molecule has 3 nitrogen and oxygen atoms in total. The van der Waals surface area contributed by atoms with E-state index >= 15 is 0 Å². The second kappa shape index (κ2) is 3.51. The molecule has 0 aliphatic heterocycles. The Bertz CT molecular complexity index is 285. The maximum atomic E-state index is 6.59. The van der Waals surface area contributed by atoms with Crippen molar-refractivity contribution in [2.45, 2.75) is 6.54 Å². The van der Waals surface area contributed by atoms with Gasteiger partial charge in [-0.3, -0.25) is 0 Å². The van der Waals surface area contributed by atoms with Gasteiger partial charge in [0.1, 0.15) is 22.2 Å². The summed E-state index contributed by atoms with van der Waals surface area (Å²) in [5.74, 6) is 0. The maximum absolute atomic E-state index is 6.59. The average molecular weight is 188 g/mol. The monoisotopic (exact) mass is 187 g/mol. The van der Waals surface area contributed by atoms with Gasteiger partial charge in [0.15, 0.2) is 0 Å². The molecule has 11 heavy (non-hydrogen) atoms. The Morgan fingerprint density at radius 2 is 1.91 bits per heavy atom. The largest absolute Gasteiger partial charge is 0.312 e. The highest BCUT2D eigenvalue weighted by atomic mass is 35.5. The Morgan fingerprint density at radius 3 is 2.36 bits per heavy atom. The first-order chi connectivity index (χ1) is 5.25. The Morgan fingerprint density at radius 1 is 1.36 bits per heavy atom. The van der Waals surface area contributed by atoms with Gasteiger partial charge in [0.05, 0.1) is 0 Å². The molecule has 0 saturated heterocycles. The van der Waals surface area contributed by atoms with E-state index in [9.17, 15) is 0 Å². The first-order valence-electron chi connectivity index (χ1n) is 2.73. The van der Waals surface area contributed by atoms with Gasteiger partial charge in [0, 0.05) is 0 Å². The van der Waals surface area contributed by atoms with Crippen molar-refractivity contribution in [3.8, 4) is 0 Å². The van der Waals surface area contributed by atoms with Gasteiger partial charge >= 0.3 is 0 Å². The number of aromatic nitrogens is 2. The van der Waals surface area contributed by atoms with Gasteiger partial charge in [0.25, 0.3) is 0 Å². The molecule has 1 aromatic heterocycles. The Kier molecular flexibility index (Phi) is 2.64. The zero-order chi connectivity index (χ0) is 8.27. The highest BCUT2D eigenvalue weighted by Crippen LogP contribution is 2.19. The standard InChI is InChI=1S/C6H3Cl2N3/c1-9-2-4-5(7)10-3-11-6(4)8/h3H,2H2. The predicted molar refractivity (Wildman–Crippen MR) is 42.4 cm³/mol. The van der Waals surface area contributed by atoms with Crippen LogP contribution in [-0.2, 0) is 6.54 Å². The zero-order valence-electron chi connectivity index (χ0n) is 5.38. The summed E-state index contributed by atoms with van der Waals surface area (Å²) < 4.78 is 0. The van der Waals surface area contributed by atoms with Gasteiger partial charge in [-0.2, -0.15) is 0 Å². The van der Waals surface area contributed by atoms with Crippen LogP contribution in [0.4, 0.5) is 0 Å². The van der Waals surface area contributed by atoms with Gasteiger partial charge < -0.3 is 4.85 Å². The lowest BCUT2D eigenvalue weighted by atomic mass is 10.3. The second-order valence-corrected chi connectivity index (χ2v) is 2.47. The molecule has 0 radical (unpaired) electrons. The fourth-order valence-corrected chi connectivity index (χ4v) is 1.01. The van der Waals surface area contributed by atoms with Gasteiger partial charge in [-0.1, -0.05) is 23.2 Å². The normalized spacial score (nSPS) is 9.18. The van der Waals surface area contributed by atoms with E-state index in [0.29, 0.717) is 5.56 Å². The fraction of sp³-hybridized carbons (Fsp3) is 0.167. The van der Waals surface area contributed by atoms with Gasteiger partial charge in [-0.25, -0.2) is 16.5 Å². The molecule has 0 fully saturated rings. The van der Waals surface area contributed by atoms with E-state index in [-0.39, 0.29) is 16.9 Å². The second-order valence-electron chi connectivity index (χ2n) is 1.75. The zero-order valence-corrected chi connectivity index (χ0v) is 6.89. The SMILES string of the molecule is [C-]#[N+]Cc1c(Cl)ncnc1Cl. The number of hydrogen-bond donors (Lipinski definition) is 0. The summed E-state index contributed by atoms with van der Waals surface area (Å²) in [6, 6.07) is 0. The highest BCUT2D eigenvalue weighted by molar-refractivity contribution is 6.34. The van der Waals surface area contributed by atoms with Crippen LogP contribution < -0.4 is 0 Å². The summed E-state index contributed by atoms with van der Waals surface area (Å²) >= 11 is 11.3. The summed E-state index contributed by atoms with van der Waals surface area (Å²) in [5, 5.41) is 0.502. The van der Waals surface area contributed by atoms with Crippen molar-refractivity contribution in [2.24, 2.45) is 0 Å². The van der Waals surface area contributed by atoms with Crippen molar-refractivity contribution >= 4 is 23.2 Å². The molecular weight excluding hydrogens is 185 g/mol. The van der Waals surface area contributed by atoms with E-state index in [1.807, 2.05) is 0 Å². The minimum atomic E-state index is 0.124. The minimum absolute atomic E-state index is 0.124. The van der Waals surface area contributed by atoms with Crippen LogP contribution in [0.3, 0.4) is 0 Å². The summed E-state index contributed by atoms with van der Waals surface area (Å²) in [6.45, 7) is 6.71. The van der Waals surface area contributed by atoms with Crippen molar-refractivity contribution in [3.63, 3.8) is 0 Å². The molecule has 0 aliphatic rings. The van der Waals surface area contributed by atoms with Crippen LogP contribution in [-0.4, -0.2) is 9.97 Å². The lowest BCUT2D eigenvalue weighted by Gasteiger charge is -1.95. The number of rotatable bonds is 1. The minimum Gasteiger partial charge on any atom is -0.312 e. The van der Waals surface area contributed by atoms with Crippen molar-refractivity contribution < 1.29 is 0 Å². The maximum Gasteiger partial charge on any atom is 0.245 e. The Labute approximate surface area is 73.8 Å². The van der Waals surface area contributed by atoms with Crippen molar-refractivity contribution in [3.05, 3.63) is 33.6 Å². The van der Waals surface area contributed by atoms with E-state index in [2.05, 4.69) is 14.8 Å². The predicted octanol–water partition coefficient (Wildman–Crippen LogP) is 2.20. The molecule has 1 aromatic rings. The van der Waals surface area contributed by atoms with Gasteiger partial charge in [0.2, 0.25) is 6.54 Å². The summed E-state index contributed by atoms with van der Waals surface area (Å²) in [7, 11) is 0. The number of halogens is 2. The molecule has 0 spiro atoms. The topological polar surface area (TPSA) is 30.1 Å². The highest BCUT2D eigenvalue weighted by Gasteiger charge is 2.09. The summed E-state index contributed by atoms with van der Waals surface area (Å²) in [5.41, 5.74) is 0.492. The lowest BCUT2D eigenvalue weighted by Crippen LogP contribution is -1.90. The molecule has 5 heteroatoms. The number of hydrogen-bond acceptors (Lipinski definition) is 2. The summed E-state index contributed by atoms with van der Waals surface area (Å²) in [6.07, 6.45) is 1.26. The molecule has 0 aliphatic carbocycles. The average Bonchev–Trinajstić information content (AvgIpc) is 1.97. The molecule has 0 bridgehead atoms. The van der Waals surface area contributed by atoms with Crippen molar-refractivity contribution in [2.75, 3.05) is 0 Å². The number of nitrogens with zero attached hydrogens (tertiary/aromatic N) is 3. The van der Waals surface area contributed by atoms with Crippen LogP contribution in [0.15, 0.2) is 6.33 Å². The third-order valence-electron chi connectivity index (χ3n) is 1.08. The first-order valence-corrected chi connectivity index (χ1v) is 3.49. The van der Waals surface area contributed by atoms with E-state index in [1.54, 1.807) is 0 Å². The van der Waals surface area contributed by atoms with E-state index in [1.165, 1.54) is 6.33 Å². The van der Waals surface area contributed by atoms with Gasteiger partial charge in [-0.15, -0.1) is 0 Å². The van der Waals surface area contributed by atoms with E-state index < -0.39 is 0 Å². The molecule has 1 heterocycles. The molecule has 0 saturated carbocycles. The van der Waals surface area contributed by atoms with E-state index in [0.717, 1.165) is 0 Å². The lowest BCUT2D eigenvalue weighted by molar-refractivity contribution is 1.09. The van der Waals surface area contributed by atoms with Crippen LogP contribution in [0.5, 0.6) is 0 Å². The molecule has 0 unspecified atom stereocenters. The van der Waals surface area contributed by atoms with Crippen molar-refractivity contribution in [1.82, 2.24) is 9.97 Å². The molecule has 56 valence electrons. The van der Waals surface area contributed by atoms with Crippen LogP contribution in [0.2, 0.25) is 10.3 Å². The molecule has 1 rings (SSSR count). The van der Waals surface area contributed by atoms with Crippen LogP contribution in [0, 0.1) is 6.57 Å². The molecule has 0 aromatic carbocycles. The fourth-order valence-electron chi connectivity index (χ4n) is 0.581. The molecule has 0 atom stereocenters. The van der Waals surface area contributed by atoms with Crippen molar-refractivity contribution in [1.29, 1.82) is 0 Å². The van der Waals surface area contributed by atoms with Crippen LogP contribution in [0.1, 0.15) is 5.56 Å².